The molecule has 1 aliphatic rings. The summed E-state index contributed by atoms with van der Waals surface area (Å²) in [6.45, 7) is 0. The van der Waals surface area contributed by atoms with Crippen molar-refractivity contribution in [1.29, 1.82) is 0 Å². The number of anilines is 1. The third-order valence-corrected chi connectivity index (χ3v) is 3.26. The third-order valence-electron chi connectivity index (χ3n) is 3.26. The van der Waals surface area contributed by atoms with E-state index < -0.39 is 0 Å². The number of carbonyl (C=O) groups excluding carboxylic acids is 1. The number of hydrogen-bond acceptors (Lipinski definition) is 3. The minimum atomic E-state index is 0.110. The van der Waals surface area contributed by atoms with Crippen LogP contribution in [0.25, 0.3) is 5.82 Å². The Morgan fingerprint density at radius 3 is 2.83 bits per heavy atom. The van der Waals surface area contributed by atoms with E-state index in [0.717, 1.165) is 30.8 Å². The van der Waals surface area contributed by atoms with Gasteiger partial charge in [0.25, 0.3) is 0 Å². The summed E-state index contributed by atoms with van der Waals surface area (Å²) < 4.78 is 1.82. The number of rotatable bonds is 3. The molecule has 1 aliphatic carbocycles. The molecule has 2 aromatic rings. The van der Waals surface area contributed by atoms with E-state index in [4.69, 9.17) is 0 Å². The first kappa shape index (κ1) is 11.0. The molecule has 92 valence electrons. The van der Waals surface area contributed by atoms with Gasteiger partial charge in [-0.2, -0.15) is 0 Å². The minimum Gasteiger partial charge on any atom is -0.324 e. The Balaban J connectivity index is 1.69. The molecule has 0 atom stereocenters. The Bertz CT molecular complexity index is 529. The van der Waals surface area contributed by atoms with E-state index in [9.17, 15) is 4.79 Å². The van der Waals surface area contributed by atoms with Gasteiger partial charge in [-0.3, -0.25) is 9.36 Å². The maximum Gasteiger partial charge on any atom is 0.227 e. The first-order valence-electron chi connectivity index (χ1n) is 6.08. The average Bonchev–Trinajstić information content (AvgIpc) is 2.81. The predicted octanol–water partition coefficient (Wildman–Crippen LogP) is 2.01. The van der Waals surface area contributed by atoms with Crippen molar-refractivity contribution in [2.24, 2.45) is 5.92 Å². The molecule has 1 fully saturated rings. The monoisotopic (exact) mass is 242 g/mol. The molecule has 0 aliphatic heterocycles. The quantitative estimate of drug-likeness (QED) is 0.895. The molecule has 0 radical (unpaired) electrons. The lowest BCUT2D eigenvalue weighted by Gasteiger charge is -2.23. The SMILES string of the molecule is O=C(Nc1ccc(-n2ccnc2)nc1)C1CCC1. The summed E-state index contributed by atoms with van der Waals surface area (Å²) >= 11 is 0. The molecule has 5 nitrogen and oxygen atoms in total. The lowest BCUT2D eigenvalue weighted by molar-refractivity contribution is -0.122. The van der Waals surface area contributed by atoms with E-state index in [1.807, 2.05) is 22.9 Å². The number of amides is 1. The lowest BCUT2D eigenvalue weighted by atomic mass is 9.85. The van der Waals surface area contributed by atoms with E-state index in [0.29, 0.717) is 0 Å². The molecule has 1 N–H and O–H groups in total. The maximum absolute atomic E-state index is 11.8. The van der Waals surface area contributed by atoms with Gasteiger partial charge < -0.3 is 5.32 Å². The maximum atomic E-state index is 11.8. The Kier molecular flexibility index (Phi) is 2.80. The number of hydrogen-bond donors (Lipinski definition) is 1. The molecule has 1 saturated carbocycles. The normalized spacial score (nSPS) is 15.1. The lowest BCUT2D eigenvalue weighted by Crippen LogP contribution is -2.28. The molecular formula is C13H14N4O. The second-order valence-electron chi connectivity index (χ2n) is 4.49. The summed E-state index contributed by atoms with van der Waals surface area (Å²) in [5.41, 5.74) is 0.746. The van der Waals surface area contributed by atoms with Crippen molar-refractivity contribution < 1.29 is 4.79 Å². The van der Waals surface area contributed by atoms with Crippen molar-refractivity contribution in [2.45, 2.75) is 19.3 Å². The van der Waals surface area contributed by atoms with E-state index in [-0.39, 0.29) is 11.8 Å². The van der Waals surface area contributed by atoms with Gasteiger partial charge in [-0.25, -0.2) is 9.97 Å². The smallest absolute Gasteiger partial charge is 0.227 e. The molecule has 0 aromatic carbocycles. The minimum absolute atomic E-state index is 0.110. The molecule has 1 amide bonds. The highest BCUT2D eigenvalue weighted by atomic mass is 16.1. The highest BCUT2D eigenvalue weighted by Gasteiger charge is 2.25. The molecule has 3 rings (SSSR count). The van der Waals surface area contributed by atoms with E-state index >= 15 is 0 Å². The van der Waals surface area contributed by atoms with E-state index in [2.05, 4.69) is 15.3 Å². The summed E-state index contributed by atoms with van der Waals surface area (Å²) in [4.78, 5) is 20.0. The van der Waals surface area contributed by atoms with Gasteiger partial charge in [-0.15, -0.1) is 0 Å². The van der Waals surface area contributed by atoms with Gasteiger partial charge >= 0.3 is 0 Å². The highest BCUT2D eigenvalue weighted by Crippen LogP contribution is 2.27. The van der Waals surface area contributed by atoms with Crippen molar-refractivity contribution >= 4 is 11.6 Å². The van der Waals surface area contributed by atoms with E-state index in [1.165, 1.54) is 0 Å². The molecule has 18 heavy (non-hydrogen) atoms. The second kappa shape index (κ2) is 4.60. The van der Waals surface area contributed by atoms with Gasteiger partial charge in [0.15, 0.2) is 0 Å². The summed E-state index contributed by atoms with van der Waals surface area (Å²) in [5.74, 6) is 1.09. The Morgan fingerprint density at radius 1 is 1.39 bits per heavy atom. The van der Waals surface area contributed by atoms with Crippen LogP contribution in [0.5, 0.6) is 0 Å². The standard InChI is InChI=1S/C13H14N4O/c18-13(10-2-1-3-10)16-11-4-5-12(15-8-11)17-7-6-14-9-17/h4-10H,1-3H2,(H,16,18). The van der Waals surface area contributed by atoms with E-state index in [1.54, 1.807) is 18.7 Å². The third kappa shape index (κ3) is 2.11. The molecular weight excluding hydrogens is 228 g/mol. The summed E-state index contributed by atoms with van der Waals surface area (Å²) in [6.07, 6.45) is 10.1. The molecule has 2 heterocycles. The molecule has 2 aromatic heterocycles. The predicted molar refractivity (Wildman–Crippen MR) is 67.3 cm³/mol. The summed E-state index contributed by atoms with van der Waals surface area (Å²) in [7, 11) is 0. The zero-order chi connectivity index (χ0) is 12.4. The van der Waals surface area contributed by atoms with Crippen molar-refractivity contribution in [3.8, 4) is 5.82 Å². The number of imidazole rings is 1. The van der Waals surface area contributed by atoms with Gasteiger partial charge in [-0.1, -0.05) is 6.42 Å². The molecule has 0 unspecified atom stereocenters. The summed E-state index contributed by atoms with van der Waals surface area (Å²) in [6, 6.07) is 3.72. The van der Waals surface area contributed by atoms with Crippen LogP contribution in [0.2, 0.25) is 0 Å². The first-order valence-corrected chi connectivity index (χ1v) is 6.08. The number of nitrogens with zero attached hydrogens (tertiary/aromatic N) is 3. The van der Waals surface area contributed by atoms with Gasteiger partial charge in [0.1, 0.15) is 12.1 Å². The summed E-state index contributed by atoms with van der Waals surface area (Å²) in [5, 5.41) is 2.89. The van der Waals surface area contributed by atoms with Crippen LogP contribution in [-0.2, 0) is 4.79 Å². The van der Waals surface area contributed by atoms with Gasteiger partial charge in [-0.05, 0) is 25.0 Å². The zero-order valence-corrected chi connectivity index (χ0v) is 9.91. The zero-order valence-electron chi connectivity index (χ0n) is 9.91. The fourth-order valence-corrected chi connectivity index (χ4v) is 1.92. The Morgan fingerprint density at radius 2 is 2.28 bits per heavy atom. The van der Waals surface area contributed by atoms with Crippen LogP contribution in [0.15, 0.2) is 37.1 Å². The van der Waals surface area contributed by atoms with Crippen LogP contribution in [0.1, 0.15) is 19.3 Å². The van der Waals surface area contributed by atoms with Crippen LogP contribution >= 0.6 is 0 Å². The number of carbonyl (C=O) groups is 1. The fraction of sp³-hybridized carbons (Fsp3) is 0.308. The van der Waals surface area contributed by atoms with Crippen LogP contribution < -0.4 is 5.32 Å². The number of nitrogens with one attached hydrogen (secondary N) is 1. The number of pyridine rings is 1. The second-order valence-corrected chi connectivity index (χ2v) is 4.49. The fourth-order valence-electron chi connectivity index (χ4n) is 1.92. The number of aromatic nitrogens is 3. The van der Waals surface area contributed by atoms with Gasteiger partial charge in [0, 0.05) is 18.3 Å². The van der Waals surface area contributed by atoms with Crippen molar-refractivity contribution in [2.75, 3.05) is 5.32 Å². The molecule has 0 spiro atoms. The topological polar surface area (TPSA) is 59.8 Å². The Labute approximate surface area is 105 Å². The largest absolute Gasteiger partial charge is 0.324 e. The molecule has 0 saturated heterocycles. The van der Waals surface area contributed by atoms with Crippen molar-refractivity contribution in [1.82, 2.24) is 14.5 Å². The van der Waals surface area contributed by atoms with Crippen LogP contribution in [0, 0.1) is 5.92 Å². The Hall–Kier alpha value is -2.17. The first-order chi connectivity index (χ1) is 8.83. The molecule has 5 heteroatoms. The van der Waals surface area contributed by atoms with Crippen LogP contribution in [0.3, 0.4) is 0 Å². The highest BCUT2D eigenvalue weighted by molar-refractivity contribution is 5.92. The molecule has 0 bridgehead atoms. The van der Waals surface area contributed by atoms with Crippen LogP contribution in [-0.4, -0.2) is 20.4 Å². The van der Waals surface area contributed by atoms with Gasteiger partial charge in [0.05, 0.1) is 11.9 Å². The van der Waals surface area contributed by atoms with Crippen LogP contribution in [0.4, 0.5) is 5.69 Å². The average molecular weight is 242 g/mol. The van der Waals surface area contributed by atoms with Gasteiger partial charge in [0.2, 0.25) is 5.91 Å². The van der Waals surface area contributed by atoms with Crippen molar-refractivity contribution in [3.63, 3.8) is 0 Å². The van der Waals surface area contributed by atoms with Crippen molar-refractivity contribution in [3.05, 3.63) is 37.1 Å².